The minimum Gasteiger partial charge on any atom is -0.451 e. The second-order valence-corrected chi connectivity index (χ2v) is 7.17. The van der Waals surface area contributed by atoms with Crippen molar-refractivity contribution in [2.24, 2.45) is 5.92 Å². The number of nitrogens with zero attached hydrogens (tertiary/aromatic N) is 1. The van der Waals surface area contributed by atoms with Crippen LogP contribution in [0.25, 0.3) is 0 Å². The quantitative estimate of drug-likeness (QED) is 0.745. The Balaban J connectivity index is 2.01. The van der Waals surface area contributed by atoms with Gasteiger partial charge in [-0.15, -0.1) is 0 Å². The summed E-state index contributed by atoms with van der Waals surface area (Å²) in [6.07, 6.45) is 2.93. The fourth-order valence-electron chi connectivity index (χ4n) is 3.15. The topological polar surface area (TPSA) is 75.7 Å². The van der Waals surface area contributed by atoms with E-state index in [1.54, 1.807) is 36.1 Å². The average Bonchev–Trinajstić information content (AvgIpc) is 2.71. The Hall–Kier alpha value is -2.37. The summed E-state index contributed by atoms with van der Waals surface area (Å²) in [4.78, 5) is 39.4. The number of rotatable bonds is 7. The molecule has 1 aromatic rings. The van der Waals surface area contributed by atoms with Gasteiger partial charge in [0, 0.05) is 18.7 Å². The molecule has 2 amide bonds. The molecule has 6 heteroatoms. The van der Waals surface area contributed by atoms with Gasteiger partial charge in [0.2, 0.25) is 0 Å². The Kier molecular flexibility index (Phi) is 7.82. The Morgan fingerprint density at radius 2 is 1.70 bits per heavy atom. The van der Waals surface area contributed by atoms with Crippen LogP contribution in [-0.4, -0.2) is 47.9 Å². The molecule has 3 atom stereocenters. The number of ether oxygens (including phenoxy) is 1. The van der Waals surface area contributed by atoms with Crippen molar-refractivity contribution >= 4 is 17.8 Å². The molecule has 27 heavy (non-hydrogen) atoms. The zero-order valence-corrected chi connectivity index (χ0v) is 16.4. The van der Waals surface area contributed by atoms with E-state index in [4.69, 9.17) is 4.74 Å². The van der Waals surface area contributed by atoms with Crippen molar-refractivity contribution < 1.29 is 19.1 Å². The van der Waals surface area contributed by atoms with Crippen LogP contribution in [0.1, 0.15) is 56.8 Å². The number of likely N-dealkylation sites (tertiary alicyclic amines) is 1. The van der Waals surface area contributed by atoms with Gasteiger partial charge in [-0.25, -0.2) is 4.79 Å². The molecule has 0 unspecified atom stereocenters. The zero-order chi connectivity index (χ0) is 19.8. The molecule has 148 valence electrons. The van der Waals surface area contributed by atoms with E-state index in [-0.39, 0.29) is 17.7 Å². The summed E-state index contributed by atoms with van der Waals surface area (Å²) in [6.45, 7) is 6.85. The molecule has 1 aliphatic rings. The number of carbonyl (C=O) groups excluding carboxylic acids is 3. The van der Waals surface area contributed by atoms with E-state index in [1.165, 1.54) is 0 Å². The first-order chi connectivity index (χ1) is 12.9. The Bertz CT molecular complexity index is 641. The van der Waals surface area contributed by atoms with Crippen LogP contribution < -0.4 is 5.32 Å². The van der Waals surface area contributed by atoms with Gasteiger partial charge < -0.3 is 15.0 Å². The summed E-state index contributed by atoms with van der Waals surface area (Å²) in [5, 5.41) is 2.77. The lowest BCUT2D eigenvalue weighted by Crippen LogP contribution is -2.49. The smallest absolute Gasteiger partial charge is 0.329 e. The fourth-order valence-corrected chi connectivity index (χ4v) is 3.15. The van der Waals surface area contributed by atoms with Crippen LogP contribution in [0.4, 0.5) is 0 Å². The van der Waals surface area contributed by atoms with Crippen LogP contribution in [0, 0.1) is 5.92 Å². The fraction of sp³-hybridized carbons (Fsp3) is 0.571. The summed E-state index contributed by atoms with van der Waals surface area (Å²) >= 11 is 0. The number of hydrogen-bond acceptors (Lipinski definition) is 4. The van der Waals surface area contributed by atoms with E-state index in [9.17, 15) is 14.4 Å². The molecular weight excluding hydrogens is 344 g/mol. The lowest BCUT2D eigenvalue weighted by molar-refractivity contribution is -0.162. The van der Waals surface area contributed by atoms with Gasteiger partial charge >= 0.3 is 5.97 Å². The third kappa shape index (κ3) is 5.81. The molecule has 0 saturated carbocycles. The summed E-state index contributed by atoms with van der Waals surface area (Å²) in [5.74, 6) is -1.16. The largest absolute Gasteiger partial charge is 0.451 e. The van der Waals surface area contributed by atoms with Crippen LogP contribution in [-0.2, 0) is 14.3 Å². The summed E-state index contributed by atoms with van der Waals surface area (Å²) < 4.78 is 5.44. The second-order valence-electron chi connectivity index (χ2n) is 7.17. The van der Waals surface area contributed by atoms with Gasteiger partial charge in [-0.2, -0.15) is 0 Å². The highest BCUT2D eigenvalue weighted by atomic mass is 16.5. The van der Waals surface area contributed by atoms with E-state index in [1.807, 2.05) is 19.9 Å². The van der Waals surface area contributed by atoms with Crippen molar-refractivity contribution in [3.63, 3.8) is 0 Å². The number of esters is 1. The minimum absolute atomic E-state index is 0.109. The number of benzene rings is 1. The van der Waals surface area contributed by atoms with Crippen molar-refractivity contribution in [2.75, 3.05) is 13.1 Å². The molecule has 1 fully saturated rings. The highest BCUT2D eigenvalue weighted by Gasteiger charge is 2.32. The Labute approximate surface area is 161 Å². The van der Waals surface area contributed by atoms with Crippen LogP contribution in [0.3, 0.4) is 0 Å². The first kappa shape index (κ1) is 20.9. The minimum atomic E-state index is -0.851. The molecule has 2 rings (SSSR count). The van der Waals surface area contributed by atoms with Crippen molar-refractivity contribution in [1.29, 1.82) is 0 Å². The SMILES string of the molecule is CC[C@H](C)[C@H](NC(=O)c1ccccc1)C(=O)O[C@H](C)C(=O)N1CCCCC1. The van der Waals surface area contributed by atoms with Gasteiger partial charge in [-0.3, -0.25) is 9.59 Å². The number of carbonyl (C=O) groups is 3. The van der Waals surface area contributed by atoms with E-state index in [0.29, 0.717) is 25.1 Å². The summed E-state index contributed by atoms with van der Waals surface area (Å²) in [7, 11) is 0. The summed E-state index contributed by atoms with van der Waals surface area (Å²) in [6, 6.07) is 7.95. The maximum atomic E-state index is 12.7. The lowest BCUT2D eigenvalue weighted by atomic mass is 9.98. The zero-order valence-electron chi connectivity index (χ0n) is 16.4. The monoisotopic (exact) mass is 374 g/mol. The molecule has 1 aliphatic heterocycles. The molecule has 0 radical (unpaired) electrons. The van der Waals surface area contributed by atoms with Gasteiger partial charge in [-0.05, 0) is 44.2 Å². The Morgan fingerprint density at radius 1 is 1.07 bits per heavy atom. The number of nitrogens with one attached hydrogen (secondary N) is 1. The molecule has 0 spiro atoms. The number of hydrogen-bond donors (Lipinski definition) is 1. The van der Waals surface area contributed by atoms with Gasteiger partial charge in [0.05, 0.1) is 0 Å². The van der Waals surface area contributed by atoms with Gasteiger partial charge in [-0.1, -0.05) is 38.5 Å². The van der Waals surface area contributed by atoms with Gasteiger partial charge in [0.15, 0.2) is 6.10 Å². The molecule has 0 aliphatic carbocycles. The normalized spacial score (nSPS) is 17.5. The van der Waals surface area contributed by atoms with Crippen molar-refractivity contribution in [2.45, 2.75) is 58.6 Å². The first-order valence-corrected chi connectivity index (χ1v) is 9.79. The summed E-state index contributed by atoms with van der Waals surface area (Å²) in [5.41, 5.74) is 0.482. The first-order valence-electron chi connectivity index (χ1n) is 9.79. The molecule has 0 aromatic heterocycles. The van der Waals surface area contributed by atoms with Crippen molar-refractivity contribution in [1.82, 2.24) is 10.2 Å². The second kappa shape index (κ2) is 10.1. The maximum absolute atomic E-state index is 12.7. The third-order valence-corrected chi connectivity index (χ3v) is 5.10. The molecule has 0 bridgehead atoms. The van der Waals surface area contributed by atoms with Crippen LogP contribution in [0.2, 0.25) is 0 Å². The number of piperidine rings is 1. The Morgan fingerprint density at radius 3 is 2.30 bits per heavy atom. The highest BCUT2D eigenvalue weighted by molar-refractivity contribution is 5.97. The maximum Gasteiger partial charge on any atom is 0.329 e. The number of amides is 2. The predicted octanol–water partition coefficient (Wildman–Crippen LogP) is 2.78. The van der Waals surface area contributed by atoms with E-state index < -0.39 is 18.1 Å². The standard InChI is InChI=1S/C21H30N2O4/c1-4-15(2)18(22-19(24)17-11-7-5-8-12-17)21(26)27-16(3)20(25)23-13-9-6-10-14-23/h5,7-8,11-12,15-16,18H,4,6,9-10,13-14H2,1-3H3,(H,22,24)/t15-,16+,18-/m0/s1. The van der Waals surface area contributed by atoms with Gasteiger partial charge in [0.1, 0.15) is 6.04 Å². The van der Waals surface area contributed by atoms with Crippen LogP contribution in [0.5, 0.6) is 0 Å². The molecule has 1 aromatic carbocycles. The lowest BCUT2D eigenvalue weighted by Gasteiger charge is -2.30. The van der Waals surface area contributed by atoms with E-state index in [2.05, 4.69) is 5.32 Å². The molecule has 1 N–H and O–H groups in total. The molecular formula is C21H30N2O4. The average molecular weight is 374 g/mol. The van der Waals surface area contributed by atoms with Crippen LogP contribution >= 0.6 is 0 Å². The van der Waals surface area contributed by atoms with E-state index in [0.717, 1.165) is 19.3 Å². The van der Waals surface area contributed by atoms with Crippen molar-refractivity contribution in [3.05, 3.63) is 35.9 Å². The van der Waals surface area contributed by atoms with E-state index >= 15 is 0 Å². The third-order valence-electron chi connectivity index (χ3n) is 5.10. The van der Waals surface area contributed by atoms with Gasteiger partial charge in [0.25, 0.3) is 11.8 Å². The van der Waals surface area contributed by atoms with Crippen LogP contribution in [0.15, 0.2) is 30.3 Å². The highest BCUT2D eigenvalue weighted by Crippen LogP contribution is 2.15. The predicted molar refractivity (Wildman–Crippen MR) is 103 cm³/mol. The molecule has 1 heterocycles. The van der Waals surface area contributed by atoms with Crippen molar-refractivity contribution in [3.8, 4) is 0 Å². The molecule has 1 saturated heterocycles. The molecule has 6 nitrogen and oxygen atoms in total.